The number of carbonyl (C=O) groups is 1. The van der Waals surface area contributed by atoms with Gasteiger partial charge in [0.05, 0.1) is 12.2 Å². The smallest absolute Gasteiger partial charge is 0.258 e. The zero-order chi connectivity index (χ0) is 14.5. The first-order valence-electron chi connectivity index (χ1n) is 5.96. The van der Waals surface area contributed by atoms with E-state index in [1.807, 2.05) is 0 Å². The van der Waals surface area contributed by atoms with E-state index in [1.54, 1.807) is 19.1 Å². The molecule has 0 spiro atoms. The third-order valence-electron chi connectivity index (χ3n) is 2.50. The van der Waals surface area contributed by atoms with E-state index in [4.69, 9.17) is 4.74 Å². The molecule has 4 nitrogen and oxygen atoms in total. The van der Waals surface area contributed by atoms with Crippen molar-refractivity contribution in [2.75, 3.05) is 11.9 Å². The van der Waals surface area contributed by atoms with Crippen molar-refractivity contribution in [1.82, 2.24) is 4.98 Å². The van der Waals surface area contributed by atoms with Crippen LogP contribution in [0.15, 0.2) is 36.5 Å². The Kier molecular flexibility index (Phi) is 4.24. The lowest BCUT2D eigenvalue weighted by Crippen LogP contribution is -2.15. The number of aromatic nitrogens is 1. The molecule has 104 valence electrons. The summed E-state index contributed by atoms with van der Waals surface area (Å²) in [4.78, 5) is 15.9. The largest absolute Gasteiger partial charge is 0.476 e. The Morgan fingerprint density at radius 2 is 2.10 bits per heavy atom. The van der Waals surface area contributed by atoms with Crippen LogP contribution in [0, 0.1) is 11.6 Å². The Balaban J connectivity index is 2.26. The number of anilines is 1. The average molecular weight is 278 g/mol. The van der Waals surface area contributed by atoms with Gasteiger partial charge in [-0.2, -0.15) is 0 Å². The molecule has 0 fully saturated rings. The lowest BCUT2D eigenvalue weighted by Gasteiger charge is -2.10. The highest BCUT2D eigenvalue weighted by molar-refractivity contribution is 6.05. The Morgan fingerprint density at radius 1 is 1.30 bits per heavy atom. The minimum atomic E-state index is -1.19. The molecule has 1 amide bonds. The molecule has 2 rings (SSSR count). The van der Waals surface area contributed by atoms with Crippen molar-refractivity contribution >= 4 is 11.6 Å². The van der Waals surface area contributed by atoms with Gasteiger partial charge in [0, 0.05) is 6.20 Å². The quantitative estimate of drug-likeness (QED) is 0.935. The SMILES string of the molecule is CCOc1ncccc1NC(=O)c1cccc(F)c1F. The Bertz CT molecular complexity index is 632. The number of pyridine rings is 1. The summed E-state index contributed by atoms with van der Waals surface area (Å²) in [5.74, 6) is -2.81. The normalized spacial score (nSPS) is 10.2. The van der Waals surface area contributed by atoms with Gasteiger partial charge in [0.25, 0.3) is 5.91 Å². The number of hydrogen-bond acceptors (Lipinski definition) is 3. The van der Waals surface area contributed by atoms with Crippen molar-refractivity contribution in [1.29, 1.82) is 0 Å². The monoisotopic (exact) mass is 278 g/mol. The van der Waals surface area contributed by atoms with Crippen LogP contribution >= 0.6 is 0 Å². The fourth-order valence-corrected chi connectivity index (χ4v) is 1.61. The molecule has 0 saturated carbocycles. The molecule has 0 saturated heterocycles. The summed E-state index contributed by atoms with van der Waals surface area (Å²) in [6.45, 7) is 2.14. The molecule has 0 aliphatic heterocycles. The molecule has 6 heteroatoms. The van der Waals surface area contributed by atoms with E-state index in [0.29, 0.717) is 12.3 Å². The number of nitrogens with zero attached hydrogens (tertiary/aromatic N) is 1. The van der Waals surface area contributed by atoms with E-state index in [-0.39, 0.29) is 11.4 Å². The molecular weight excluding hydrogens is 266 g/mol. The van der Waals surface area contributed by atoms with Gasteiger partial charge >= 0.3 is 0 Å². The van der Waals surface area contributed by atoms with Crippen LogP contribution in [-0.2, 0) is 0 Å². The minimum Gasteiger partial charge on any atom is -0.476 e. The maximum absolute atomic E-state index is 13.5. The molecule has 20 heavy (non-hydrogen) atoms. The van der Waals surface area contributed by atoms with Crippen LogP contribution in [-0.4, -0.2) is 17.5 Å². The molecule has 2 aromatic rings. The fourth-order valence-electron chi connectivity index (χ4n) is 1.61. The van der Waals surface area contributed by atoms with Crippen LogP contribution in [0.2, 0.25) is 0 Å². The van der Waals surface area contributed by atoms with Gasteiger partial charge in [-0.3, -0.25) is 4.79 Å². The highest BCUT2D eigenvalue weighted by Gasteiger charge is 2.16. The second-order valence-electron chi connectivity index (χ2n) is 3.84. The molecule has 1 N–H and O–H groups in total. The standard InChI is InChI=1S/C14H12F2N2O2/c1-2-20-14-11(7-4-8-17-14)18-13(19)9-5-3-6-10(15)12(9)16/h3-8H,2H2,1H3,(H,18,19). The molecular formula is C14H12F2N2O2. The van der Waals surface area contributed by atoms with Crippen molar-refractivity contribution in [3.8, 4) is 5.88 Å². The zero-order valence-corrected chi connectivity index (χ0v) is 10.7. The molecule has 0 aliphatic carbocycles. The number of amides is 1. The zero-order valence-electron chi connectivity index (χ0n) is 10.7. The van der Waals surface area contributed by atoms with Gasteiger partial charge in [-0.1, -0.05) is 6.07 Å². The Labute approximate surface area is 114 Å². The van der Waals surface area contributed by atoms with Crippen LogP contribution in [0.5, 0.6) is 5.88 Å². The summed E-state index contributed by atoms with van der Waals surface area (Å²) in [6, 6.07) is 6.57. The molecule has 0 unspecified atom stereocenters. The molecule has 0 radical (unpaired) electrons. The number of nitrogens with one attached hydrogen (secondary N) is 1. The first-order valence-corrected chi connectivity index (χ1v) is 5.96. The molecule has 0 aliphatic rings. The maximum Gasteiger partial charge on any atom is 0.258 e. The summed E-state index contributed by atoms with van der Waals surface area (Å²) in [7, 11) is 0. The van der Waals surface area contributed by atoms with Gasteiger partial charge in [-0.05, 0) is 31.2 Å². The molecule has 0 atom stereocenters. The number of hydrogen-bond donors (Lipinski definition) is 1. The van der Waals surface area contributed by atoms with Gasteiger partial charge < -0.3 is 10.1 Å². The van der Waals surface area contributed by atoms with Gasteiger partial charge in [0.1, 0.15) is 5.69 Å². The summed E-state index contributed by atoms with van der Waals surface area (Å²) >= 11 is 0. The average Bonchev–Trinajstić information content (AvgIpc) is 2.44. The lowest BCUT2D eigenvalue weighted by molar-refractivity contribution is 0.102. The van der Waals surface area contributed by atoms with Gasteiger partial charge in [-0.15, -0.1) is 0 Å². The summed E-state index contributed by atoms with van der Waals surface area (Å²) in [5.41, 5.74) is -0.0840. The van der Waals surface area contributed by atoms with Crippen molar-refractivity contribution in [2.45, 2.75) is 6.92 Å². The topological polar surface area (TPSA) is 51.2 Å². The summed E-state index contributed by atoms with van der Waals surface area (Å²) in [6.07, 6.45) is 1.50. The molecule has 0 bridgehead atoms. The van der Waals surface area contributed by atoms with E-state index >= 15 is 0 Å². The Hall–Kier alpha value is -2.50. The van der Waals surface area contributed by atoms with Crippen molar-refractivity contribution in [2.24, 2.45) is 0 Å². The first-order chi connectivity index (χ1) is 9.63. The van der Waals surface area contributed by atoms with Crippen molar-refractivity contribution in [3.63, 3.8) is 0 Å². The third-order valence-corrected chi connectivity index (χ3v) is 2.50. The van der Waals surface area contributed by atoms with Crippen LogP contribution < -0.4 is 10.1 Å². The van der Waals surface area contributed by atoms with Crippen LogP contribution in [0.3, 0.4) is 0 Å². The van der Waals surface area contributed by atoms with Crippen molar-refractivity contribution in [3.05, 3.63) is 53.7 Å². The van der Waals surface area contributed by atoms with Gasteiger partial charge in [0.2, 0.25) is 5.88 Å². The molecule has 1 heterocycles. The van der Waals surface area contributed by atoms with Crippen LogP contribution in [0.1, 0.15) is 17.3 Å². The predicted octanol–water partition coefficient (Wildman–Crippen LogP) is 3.01. The highest BCUT2D eigenvalue weighted by Crippen LogP contribution is 2.22. The number of rotatable bonds is 4. The first kappa shape index (κ1) is 13.9. The van der Waals surface area contributed by atoms with E-state index in [0.717, 1.165) is 6.07 Å². The number of carbonyl (C=O) groups excluding carboxylic acids is 1. The minimum absolute atomic E-state index is 0.222. The fraction of sp³-hybridized carbons (Fsp3) is 0.143. The van der Waals surface area contributed by atoms with E-state index in [1.165, 1.54) is 18.3 Å². The van der Waals surface area contributed by atoms with Crippen LogP contribution in [0.25, 0.3) is 0 Å². The molecule has 1 aromatic heterocycles. The van der Waals surface area contributed by atoms with Gasteiger partial charge in [0.15, 0.2) is 11.6 Å². The Morgan fingerprint density at radius 3 is 2.85 bits per heavy atom. The predicted molar refractivity (Wildman–Crippen MR) is 69.7 cm³/mol. The summed E-state index contributed by atoms with van der Waals surface area (Å²) < 4.78 is 31.8. The van der Waals surface area contributed by atoms with Crippen LogP contribution in [0.4, 0.5) is 14.5 Å². The number of halogens is 2. The number of benzene rings is 1. The highest BCUT2D eigenvalue weighted by atomic mass is 19.2. The second-order valence-corrected chi connectivity index (χ2v) is 3.84. The second kappa shape index (κ2) is 6.10. The van der Waals surface area contributed by atoms with E-state index in [2.05, 4.69) is 10.3 Å². The number of ether oxygens (including phenoxy) is 1. The van der Waals surface area contributed by atoms with Gasteiger partial charge in [-0.25, -0.2) is 13.8 Å². The maximum atomic E-state index is 13.5. The van der Waals surface area contributed by atoms with E-state index in [9.17, 15) is 13.6 Å². The summed E-state index contributed by atoms with van der Waals surface area (Å²) in [5, 5.41) is 2.45. The lowest BCUT2D eigenvalue weighted by atomic mass is 10.2. The molecule has 1 aromatic carbocycles. The third kappa shape index (κ3) is 2.90. The van der Waals surface area contributed by atoms with Crippen molar-refractivity contribution < 1.29 is 18.3 Å². The van der Waals surface area contributed by atoms with E-state index < -0.39 is 17.5 Å².